The van der Waals surface area contributed by atoms with E-state index < -0.39 is 41.9 Å². The van der Waals surface area contributed by atoms with Crippen LogP contribution in [0, 0.1) is 0 Å². The van der Waals surface area contributed by atoms with Gasteiger partial charge in [0.25, 0.3) is 0 Å². The highest BCUT2D eigenvalue weighted by molar-refractivity contribution is 7.98. The summed E-state index contributed by atoms with van der Waals surface area (Å²) < 4.78 is 0. The Morgan fingerprint density at radius 1 is 1.18 bits per heavy atom. The first-order chi connectivity index (χ1) is 13.2. The van der Waals surface area contributed by atoms with Crippen molar-refractivity contribution < 1.29 is 29.4 Å². The van der Waals surface area contributed by atoms with Crippen molar-refractivity contribution in [1.29, 1.82) is 0 Å². The van der Waals surface area contributed by atoms with Crippen LogP contribution in [0.3, 0.4) is 0 Å². The van der Waals surface area contributed by atoms with Gasteiger partial charge in [-0.25, -0.2) is 9.78 Å². The molecule has 0 aromatic carbocycles. The number of carboxylic acids is 2. The van der Waals surface area contributed by atoms with Crippen LogP contribution in [0.2, 0.25) is 0 Å². The number of nitrogens with two attached hydrogens (primary N) is 1. The normalized spacial score (nSPS) is 13.9. The number of H-pyrrole nitrogens is 1. The molecule has 0 fully saturated rings. The van der Waals surface area contributed by atoms with Gasteiger partial charge < -0.3 is 31.6 Å². The van der Waals surface area contributed by atoms with Crippen LogP contribution < -0.4 is 16.4 Å². The van der Waals surface area contributed by atoms with E-state index in [1.54, 1.807) is 0 Å². The minimum Gasteiger partial charge on any atom is -0.481 e. The summed E-state index contributed by atoms with van der Waals surface area (Å²) in [5.41, 5.74) is 6.20. The quantitative estimate of drug-likeness (QED) is 0.234. The average molecular weight is 415 g/mol. The van der Waals surface area contributed by atoms with Gasteiger partial charge in [-0.15, -0.1) is 0 Å². The average Bonchev–Trinajstić information content (AvgIpc) is 3.15. The number of imidazole rings is 1. The van der Waals surface area contributed by atoms with E-state index in [1.165, 1.54) is 24.3 Å². The van der Waals surface area contributed by atoms with Crippen LogP contribution in [0.25, 0.3) is 0 Å². The van der Waals surface area contributed by atoms with Crippen LogP contribution in [0.15, 0.2) is 12.5 Å². The lowest BCUT2D eigenvalue weighted by molar-refractivity contribution is -0.142. The van der Waals surface area contributed by atoms with Crippen molar-refractivity contribution in [3.8, 4) is 0 Å². The highest BCUT2D eigenvalue weighted by atomic mass is 32.2. The molecule has 2 amide bonds. The minimum absolute atomic E-state index is 0.00237. The number of hydrogen-bond acceptors (Lipinski definition) is 7. The van der Waals surface area contributed by atoms with Gasteiger partial charge in [0, 0.05) is 24.7 Å². The summed E-state index contributed by atoms with van der Waals surface area (Å²) in [4.78, 5) is 53.3. The first-order valence-electron chi connectivity index (χ1n) is 8.51. The van der Waals surface area contributed by atoms with Crippen molar-refractivity contribution in [1.82, 2.24) is 20.6 Å². The molecule has 0 spiro atoms. The fraction of sp³-hybridized carbons (Fsp3) is 0.562. The van der Waals surface area contributed by atoms with Gasteiger partial charge in [0.15, 0.2) is 0 Å². The Morgan fingerprint density at radius 3 is 2.39 bits per heavy atom. The number of hydrogen-bond donors (Lipinski definition) is 6. The van der Waals surface area contributed by atoms with Crippen LogP contribution in [-0.4, -0.2) is 74.1 Å². The SMILES string of the molecule is CSCCC(NC(=O)C(N)CCC(=O)O)C(=O)NC(Cc1cnc[nH]1)C(=O)O. The number of aliphatic carboxylic acids is 2. The van der Waals surface area contributed by atoms with Crippen molar-refractivity contribution in [3.05, 3.63) is 18.2 Å². The zero-order valence-electron chi connectivity index (χ0n) is 15.4. The van der Waals surface area contributed by atoms with E-state index in [0.717, 1.165) is 0 Å². The lowest BCUT2D eigenvalue weighted by Crippen LogP contribution is -2.55. The highest BCUT2D eigenvalue weighted by Crippen LogP contribution is 2.05. The van der Waals surface area contributed by atoms with Crippen molar-refractivity contribution in [2.45, 2.75) is 43.8 Å². The summed E-state index contributed by atoms with van der Waals surface area (Å²) in [5.74, 6) is -3.08. The number of amides is 2. The molecule has 0 bridgehead atoms. The van der Waals surface area contributed by atoms with Crippen molar-refractivity contribution in [2.24, 2.45) is 5.73 Å². The number of rotatable bonds is 13. The second kappa shape index (κ2) is 12.0. The topological polar surface area (TPSA) is 188 Å². The minimum atomic E-state index is -1.23. The maximum atomic E-state index is 12.6. The summed E-state index contributed by atoms with van der Waals surface area (Å²) in [5, 5.41) is 22.9. The number of thioether (sulfide) groups is 1. The molecule has 0 aliphatic rings. The van der Waals surface area contributed by atoms with Crippen molar-refractivity contribution >= 4 is 35.5 Å². The number of carboxylic acid groups (broad SMARTS) is 2. The molecule has 1 rings (SSSR count). The molecule has 0 aliphatic carbocycles. The maximum absolute atomic E-state index is 12.6. The molecule has 3 unspecified atom stereocenters. The monoisotopic (exact) mass is 415 g/mol. The number of aromatic amines is 1. The van der Waals surface area contributed by atoms with E-state index in [9.17, 15) is 24.3 Å². The van der Waals surface area contributed by atoms with E-state index >= 15 is 0 Å². The fourth-order valence-electron chi connectivity index (χ4n) is 2.28. The van der Waals surface area contributed by atoms with Crippen LogP contribution in [0.4, 0.5) is 0 Å². The molecule has 0 aliphatic heterocycles. The summed E-state index contributed by atoms with van der Waals surface area (Å²) in [6, 6.07) is -3.28. The van der Waals surface area contributed by atoms with E-state index in [0.29, 0.717) is 11.4 Å². The van der Waals surface area contributed by atoms with E-state index in [-0.39, 0.29) is 25.7 Å². The third kappa shape index (κ3) is 8.39. The van der Waals surface area contributed by atoms with Gasteiger partial charge in [0.1, 0.15) is 12.1 Å². The lowest BCUT2D eigenvalue weighted by atomic mass is 10.1. The fourth-order valence-corrected chi connectivity index (χ4v) is 2.75. The molecule has 28 heavy (non-hydrogen) atoms. The smallest absolute Gasteiger partial charge is 0.326 e. The molecule has 11 nitrogen and oxygen atoms in total. The Kier molecular flexibility index (Phi) is 10.0. The van der Waals surface area contributed by atoms with Crippen molar-refractivity contribution in [2.75, 3.05) is 12.0 Å². The Labute approximate surface area is 165 Å². The van der Waals surface area contributed by atoms with Gasteiger partial charge in [-0.2, -0.15) is 11.8 Å². The van der Waals surface area contributed by atoms with E-state index in [2.05, 4.69) is 20.6 Å². The van der Waals surface area contributed by atoms with Crippen LogP contribution >= 0.6 is 11.8 Å². The molecule has 0 saturated carbocycles. The van der Waals surface area contributed by atoms with E-state index in [4.69, 9.17) is 10.8 Å². The number of carbonyl (C=O) groups excluding carboxylic acids is 2. The largest absolute Gasteiger partial charge is 0.481 e. The second-order valence-electron chi connectivity index (χ2n) is 6.06. The van der Waals surface area contributed by atoms with Gasteiger partial charge in [0.2, 0.25) is 11.8 Å². The molecule has 3 atom stereocenters. The van der Waals surface area contributed by atoms with Crippen LogP contribution in [-0.2, 0) is 25.6 Å². The van der Waals surface area contributed by atoms with Gasteiger partial charge in [-0.1, -0.05) is 0 Å². The molecule has 12 heteroatoms. The Morgan fingerprint density at radius 2 is 1.86 bits per heavy atom. The Hall–Kier alpha value is -2.60. The molecule has 0 saturated heterocycles. The summed E-state index contributed by atoms with van der Waals surface area (Å²) in [7, 11) is 0. The summed E-state index contributed by atoms with van der Waals surface area (Å²) >= 11 is 1.46. The maximum Gasteiger partial charge on any atom is 0.326 e. The molecule has 1 heterocycles. The summed E-state index contributed by atoms with van der Waals surface area (Å²) in [6.45, 7) is 0. The van der Waals surface area contributed by atoms with Gasteiger partial charge >= 0.3 is 11.9 Å². The first kappa shape index (κ1) is 23.4. The zero-order valence-corrected chi connectivity index (χ0v) is 16.2. The standard InChI is InChI=1S/C16H25N5O6S/c1-28-5-4-11(20-14(24)10(17)2-3-13(22)23)15(25)21-12(16(26)27)6-9-7-18-8-19-9/h7-8,10-12H,2-6,17H2,1H3,(H,18,19)(H,20,24)(H,21,25)(H,22,23)(H,26,27). The number of carbonyl (C=O) groups is 4. The third-order valence-corrected chi connectivity index (χ3v) is 4.49. The molecule has 0 radical (unpaired) electrons. The highest BCUT2D eigenvalue weighted by Gasteiger charge is 2.28. The molecule has 1 aromatic heterocycles. The van der Waals surface area contributed by atoms with Crippen LogP contribution in [0.1, 0.15) is 25.0 Å². The van der Waals surface area contributed by atoms with Crippen molar-refractivity contribution in [3.63, 3.8) is 0 Å². The van der Waals surface area contributed by atoms with Gasteiger partial charge in [0.05, 0.1) is 12.4 Å². The first-order valence-corrected chi connectivity index (χ1v) is 9.91. The molecule has 1 aromatic rings. The lowest BCUT2D eigenvalue weighted by Gasteiger charge is -2.22. The zero-order chi connectivity index (χ0) is 21.1. The van der Waals surface area contributed by atoms with Gasteiger partial charge in [-0.05, 0) is 24.9 Å². The number of nitrogens with one attached hydrogen (secondary N) is 3. The molecule has 156 valence electrons. The predicted molar refractivity (Wildman–Crippen MR) is 102 cm³/mol. The predicted octanol–water partition coefficient (Wildman–Crippen LogP) is -1.05. The molecule has 7 N–H and O–H groups in total. The van der Waals surface area contributed by atoms with Gasteiger partial charge in [-0.3, -0.25) is 14.4 Å². The third-order valence-electron chi connectivity index (χ3n) is 3.84. The van der Waals surface area contributed by atoms with E-state index in [1.807, 2.05) is 6.26 Å². The Balaban J connectivity index is 2.74. The van der Waals surface area contributed by atoms with Crippen LogP contribution in [0.5, 0.6) is 0 Å². The number of nitrogens with zero attached hydrogens (tertiary/aromatic N) is 1. The summed E-state index contributed by atoms with van der Waals surface area (Å²) in [6.07, 6.45) is 4.60. The molecular weight excluding hydrogens is 390 g/mol. The Bertz CT molecular complexity index is 668. The molecular formula is C16H25N5O6S. The number of aromatic nitrogens is 2. The second-order valence-corrected chi connectivity index (χ2v) is 7.05.